The predicted octanol–water partition coefficient (Wildman–Crippen LogP) is 3.15. The number of unbranched alkanes of at least 4 members (excludes halogenated alkanes) is 4. The molecule has 5 heteroatoms. The van der Waals surface area contributed by atoms with Crippen LogP contribution in [-0.2, 0) is 0 Å². The average molecular weight is 268 g/mol. The highest BCUT2D eigenvalue weighted by Crippen LogP contribution is 2.35. The molecule has 0 radical (unpaired) electrons. The Morgan fingerprint density at radius 1 is 1.16 bits per heavy atom. The van der Waals surface area contributed by atoms with Crippen molar-refractivity contribution in [3.63, 3.8) is 0 Å². The van der Waals surface area contributed by atoms with Crippen molar-refractivity contribution in [1.82, 2.24) is 0 Å². The van der Waals surface area contributed by atoms with Gasteiger partial charge in [0.25, 0.3) is 0 Å². The van der Waals surface area contributed by atoms with Gasteiger partial charge in [-0.25, -0.2) is 4.79 Å². The van der Waals surface area contributed by atoms with E-state index < -0.39 is 23.0 Å². The van der Waals surface area contributed by atoms with Crippen LogP contribution >= 0.6 is 0 Å². The van der Waals surface area contributed by atoms with E-state index in [-0.39, 0.29) is 5.75 Å². The maximum atomic E-state index is 11.0. The molecular weight excluding hydrogens is 248 g/mol. The summed E-state index contributed by atoms with van der Waals surface area (Å²) in [6.45, 7) is 2.53. The first kappa shape index (κ1) is 15.1. The molecule has 0 aliphatic carbocycles. The Balaban J connectivity index is 2.58. The zero-order chi connectivity index (χ0) is 14.3. The summed E-state index contributed by atoms with van der Waals surface area (Å²) in [6, 6.07) is 2.57. The number of carboxylic acid groups (broad SMARTS) is 1. The van der Waals surface area contributed by atoms with Gasteiger partial charge in [-0.2, -0.15) is 0 Å². The number of hydrogen-bond acceptors (Lipinski definition) is 4. The number of phenolic OH excluding ortho intramolecular Hbond substituents is 1. The predicted molar refractivity (Wildman–Crippen MR) is 71.0 cm³/mol. The monoisotopic (exact) mass is 268 g/mol. The summed E-state index contributed by atoms with van der Waals surface area (Å²) >= 11 is 0. The van der Waals surface area contributed by atoms with E-state index in [0.29, 0.717) is 6.61 Å². The largest absolute Gasteiger partial charge is 0.504 e. The van der Waals surface area contributed by atoms with Gasteiger partial charge in [0, 0.05) is 0 Å². The quantitative estimate of drug-likeness (QED) is 0.498. The highest BCUT2D eigenvalue weighted by Gasteiger charge is 2.19. The Morgan fingerprint density at radius 3 is 2.47 bits per heavy atom. The van der Waals surface area contributed by atoms with Crippen molar-refractivity contribution in [2.24, 2.45) is 0 Å². The summed E-state index contributed by atoms with van der Waals surface area (Å²) in [5.41, 5.74) is -0.395. The van der Waals surface area contributed by atoms with Crippen LogP contribution in [-0.4, -0.2) is 27.9 Å². The van der Waals surface area contributed by atoms with Crippen LogP contribution in [0.2, 0.25) is 0 Å². The fourth-order valence-corrected chi connectivity index (χ4v) is 1.78. The average Bonchev–Trinajstić information content (AvgIpc) is 2.37. The van der Waals surface area contributed by atoms with Crippen LogP contribution < -0.4 is 4.74 Å². The van der Waals surface area contributed by atoms with Crippen molar-refractivity contribution in [3.05, 3.63) is 17.7 Å². The first-order valence-electron chi connectivity index (χ1n) is 6.49. The van der Waals surface area contributed by atoms with Gasteiger partial charge in [0.2, 0.25) is 0 Å². The van der Waals surface area contributed by atoms with Crippen LogP contribution in [0.1, 0.15) is 49.4 Å². The molecule has 3 N–H and O–H groups in total. The lowest BCUT2D eigenvalue weighted by molar-refractivity contribution is 0.0688. The van der Waals surface area contributed by atoms with Crippen LogP contribution in [0.3, 0.4) is 0 Å². The number of carbonyl (C=O) groups is 1. The molecule has 1 rings (SSSR count). The fraction of sp³-hybridized carbons (Fsp3) is 0.500. The Bertz CT molecular complexity index is 428. The van der Waals surface area contributed by atoms with Crippen LogP contribution in [0.25, 0.3) is 0 Å². The van der Waals surface area contributed by atoms with Crippen molar-refractivity contribution in [2.75, 3.05) is 6.61 Å². The summed E-state index contributed by atoms with van der Waals surface area (Å²) in [4.78, 5) is 11.0. The number of carboxylic acids is 1. The molecule has 5 nitrogen and oxygen atoms in total. The van der Waals surface area contributed by atoms with E-state index in [1.807, 2.05) is 0 Å². The van der Waals surface area contributed by atoms with Crippen molar-refractivity contribution in [1.29, 1.82) is 0 Å². The maximum Gasteiger partial charge on any atom is 0.343 e. The van der Waals surface area contributed by atoms with E-state index >= 15 is 0 Å². The third-order valence-electron chi connectivity index (χ3n) is 2.84. The van der Waals surface area contributed by atoms with Gasteiger partial charge in [0.15, 0.2) is 11.5 Å². The van der Waals surface area contributed by atoms with Gasteiger partial charge in [0.05, 0.1) is 6.61 Å². The highest BCUT2D eigenvalue weighted by atomic mass is 16.5. The molecular formula is C14H20O5. The lowest BCUT2D eigenvalue weighted by Gasteiger charge is -2.11. The Hall–Kier alpha value is -1.91. The van der Waals surface area contributed by atoms with Crippen molar-refractivity contribution >= 4 is 5.97 Å². The number of aromatic carboxylic acids is 1. The van der Waals surface area contributed by atoms with Crippen molar-refractivity contribution < 1.29 is 24.9 Å². The molecule has 1 aromatic carbocycles. The minimum Gasteiger partial charge on any atom is -0.504 e. The highest BCUT2D eigenvalue weighted by molar-refractivity contribution is 5.95. The Kier molecular flexibility index (Phi) is 5.99. The smallest absolute Gasteiger partial charge is 0.343 e. The fourth-order valence-electron chi connectivity index (χ4n) is 1.78. The van der Waals surface area contributed by atoms with Gasteiger partial charge in [-0.1, -0.05) is 32.6 Å². The molecule has 19 heavy (non-hydrogen) atoms. The second-order valence-electron chi connectivity index (χ2n) is 4.37. The lowest BCUT2D eigenvalue weighted by atomic mass is 10.1. The molecule has 0 spiro atoms. The van der Waals surface area contributed by atoms with Crippen LogP contribution in [0.15, 0.2) is 12.1 Å². The summed E-state index contributed by atoms with van der Waals surface area (Å²) < 4.78 is 5.36. The minimum atomic E-state index is -1.32. The number of rotatable bonds is 8. The van der Waals surface area contributed by atoms with Gasteiger partial charge in [-0.3, -0.25) is 0 Å². The second kappa shape index (κ2) is 7.51. The van der Waals surface area contributed by atoms with Crippen molar-refractivity contribution in [3.8, 4) is 17.2 Å². The Labute approximate surface area is 112 Å². The molecule has 0 aliphatic rings. The van der Waals surface area contributed by atoms with Crippen LogP contribution in [0, 0.1) is 0 Å². The van der Waals surface area contributed by atoms with Gasteiger partial charge in [-0.05, 0) is 18.6 Å². The summed E-state index contributed by atoms with van der Waals surface area (Å²) in [6.07, 6.45) is 5.34. The molecule has 0 heterocycles. The lowest BCUT2D eigenvalue weighted by Crippen LogP contribution is -2.05. The summed E-state index contributed by atoms with van der Waals surface area (Å²) in [5.74, 6) is -2.36. The van der Waals surface area contributed by atoms with Gasteiger partial charge in [-0.15, -0.1) is 0 Å². The molecule has 0 atom stereocenters. The molecule has 1 aromatic rings. The number of ether oxygens (including phenoxy) is 1. The zero-order valence-corrected chi connectivity index (χ0v) is 11.1. The summed E-state index contributed by atoms with van der Waals surface area (Å²) in [5, 5.41) is 27.8. The maximum absolute atomic E-state index is 11.0. The molecule has 0 amide bonds. The molecule has 0 aromatic heterocycles. The second-order valence-corrected chi connectivity index (χ2v) is 4.37. The molecule has 0 bridgehead atoms. The van der Waals surface area contributed by atoms with E-state index in [0.717, 1.165) is 25.7 Å². The van der Waals surface area contributed by atoms with Gasteiger partial charge < -0.3 is 20.1 Å². The molecule has 0 saturated heterocycles. The van der Waals surface area contributed by atoms with Crippen LogP contribution in [0.5, 0.6) is 17.2 Å². The third kappa shape index (κ3) is 4.35. The molecule has 0 fully saturated rings. The standard InChI is InChI=1S/C14H20O5/c1-2-3-4-5-6-9-19-11-8-7-10(15)13(16)12(11)14(17)18/h7-8,15-16H,2-6,9H2,1H3,(H,17,18). The van der Waals surface area contributed by atoms with E-state index in [1.54, 1.807) is 0 Å². The first-order valence-corrected chi connectivity index (χ1v) is 6.49. The van der Waals surface area contributed by atoms with E-state index in [2.05, 4.69) is 6.92 Å². The topological polar surface area (TPSA) is 87.0 Å². The summed E-state index contributed by atoms with van der Waals surface area (Å²) in [7, 11) is 0. The first-order chi connectivity index (χ1) is 9.07. The van der Waals surface area contributed by atoms with E-state index in [1.165, 1.54) is 18.6 Å². The van der Waals surface area contributed by atoms with E-state index in [9.17, 15) is 15.0 Å². The van der Waals surface area contributed by atoms with E-state index in [4.69, 9.17) is 9.84 Å². The normalized spacial score (nSPS) is 10.4. The van der Waals surface area contributed by atoms with Crippen LogP contribution in [0.4, 0.5) is 0 Å². The Morgan fingerprint density at radius 2 is 1.84 bits per heavy atom. The molecule has 0 saturated carbocycles. The number of aromatic hydroxyl groups is 2. The molecule has 106 valence electrons. The molecule has 0 unspecified atom stereocenters. The number of benzene rings is 1. The zero-order valence-electron chi connectivity index (χ0n) is 11.1. The number of hydrogen-bond donors (Lipinski definition) is 3. The third-order valence-corrected chi connectivity index (χ3v) is 2.84. The minimum absolute atomic E-state index is 0.0818. The molecule has 0 aliphatic heterocycles. The number of phenols is 2. The van der Waals surface area contributed by atoms with Gasteiger partial charge >= 0.3 is 5.97 Å². The SMILES string of the molecule is CCCCCCCOc1ccc(O)c(O)c1C(=O)O. The van der Waals surface area contributed by atoms with Gasteiger partial charge in [0.1, 0.15) is 11.3 Å². The van der Waals surface area contributed by atoms with Crippen molar-refractivity contribution in [2.45, 2.75) is 39.0 Å².